The summed E-state index contributed by atoms with van der Waals surface area (Å²) in [6.07, 6.45) is 0.221. The molecule has 0 bridgehead atoms. The molecule has 18 heavy (non-hydrogen) atoms. The highest BCUT2D eigenvalue weighted by Gasteiger charge is 2.18. The lowest BCUT2D eigenvalue weighted by Crippen LogP contribution is -2.19. The van der Waals surface area contributed by atoms with Crippen molar-refractivity contribution in [3.8, 4) is 11.8 Å². The Morgan fingerprint density at radius 2 is 2.00 bits per heavy atom. The maximum atomic E-state index is 12.2. The molecule has 0 N–H and O–H groups in total. The second kappa shape index (κ2) is 7.47. The fourth-order valence-electron chi connectivity index (χ4n) is 1.48. The molecule has 0 saturated heterocycles. The summed E-state index contributed by atoms with van der Waals surface area (Å²) in [4.78, 5) is 12.2. The van der Waals surface area contributed by atoms with E-state index in [1.54, 1.807) is 12.1 Å². The summed E-state index contributed by atoms with van der Waals surface area (Å²) in [6, 6.07) is 9.06. The van der Waals surface area contributed by atoms with Crippen LogP contribution in [0.25, 0.3) is 0 Å². The van der Waals surface area contributed by atoms with Crippen molar-refractivity contribution in [1.82, 2.24) is 0 Å². The van der Waals surface area contributed by atoms with Gasteiger partial charge in [0, 0.05) is 24.2 Å². The highest BCUT2D eigenvalue weighted by molar-refractivity contribution is 6.09. The predicted octanol–water partition coefficient (Wildman–Crippen LogP) is 3.24. The molecular weight excluding hydrogens is 224 g/mol. The maximum Gasteiger partial charge on any atom is 0.192 e. The van der Waals surface area contributed by atoms with Crippen LogP contribution < -0.4 is 0 Å². The third kappa shape index (κ3) is 3.87. The third-order valence-corrected chi connectivity index (χ3v) is 2.39. The molecule has 0 spiro atoms. The van der Waals surface area contributed by atoms with Gasteiger partial charge in [0.15, 0.2) is 5.78 Å². The monoisotopic (exact) mass is 242 g/mol. The van der Waals surface area contributed by atoms with Crippen LogP contribution >= 0.6 is 0 Å². The fourth-order valence-corrected chi connectivity index (χ4v) is 1.48. The Morgan fingerprint density at radius 3 is 2.56 bits per heavy atom. The van der Waals surface area contributed by atoms with Crippen LogP contribution in [-0.4, -0.2) is 18.5 Å². The van der Waals surface area contributed by atoms with E-state index in [-0.39, 0.29) is 5.78 Å². The lowest BCUT2D eigenvalue weighted by atomic mass is 10.0. The molecule has 0 radical (unpaired) electrons. The molecule has 0 saturated carbocycles. The molecule has 0 aliphatic heterocycles. The van der Waals surface area contributed by atoms with Crippen LogP contribution in [0.4, 0.5) is 0 Å². The van der Waals surface area contributed by atoms with Crippen molar-refractivity contribution in [3.05, 3.63) is 48.0 Å². The highest BCUT2D eigenvalue weighted by atomic mass is 16.5. The molecule has 0 amide bonds. The lowest BCUT2D eigenvalue weighted by molar-refractivity contribution is 0.0931. The molecule has 2 heteroatoms. The topological polar surface area (TPSA) is 26.3 Å². The van der Waals surface area contributed by atoms with Gasteiger partial charge < -0.3 is 4.74 Å². The summed E-state index contributed by atoms with van der Waals surface area (Å²) in [7, 11) is 0. The van der Waals surface area contributed by atoms with Crippen LogP contribution in [0.3, 0.4) is 0 Å². The van der Waals surface area contributed by atoms with E-state index in [9.17, 15) is 4.79 Å². The van der Waals surface area contributed by atoms with Crippen molar-refractivity contribution in [2.45, 2.75) is 26.4 Å². The van der Waals surface area contributed by atoms with Crippen LogP contribution in [0, 0.1) is 11.8 Å². The zero-order chi connectivity index (χ0) is 13.4. The summed E-state index contributed by atoms with van der Waals surface area (Å²) in [5, 5.41) is 0. The van der Waals surface area contributed by atoms with E-state index in [4.69, 9.17) is 4.74 Å². The Morgan fingerprint density at radius 1 is 1.33 bits per heavy atom. The van der Waals surface area contributed by atoms with Gasteiger partial charge in [0.05, 0.1) is 0 Å². The minimum atomic E-state index is -0.511. The first-order valence-electron chi connectivity index (χ1n) is 6.09. The summed E-state index contributed by atoms with van der Waals surface area (Å²) >= 11 is 0. The van der Waals surface area contributed by atoms with Crippen molar-refractivity contribution in [2.24, 2.45) is 0 Å². The Balaban J connectivity index is 2.86. The summed E-state index contributed by atoms with van der Waals surface area (Å²) in [5.41, 5.74) is 1.01. The van der Waals surface area contributed by atoms with E-state index in [1.165, 1.54) is 0 Å². The van der Waals surface area contributed by atoms with Gasteiger partial charge in [-0.3, -0.25) is 4.79 Å². The van der Waals surface area contributed by atoms with Crippen molar-refractivity contribution in [2.75, 3.05) is 6.61 Å². The van der Waals surface area contributed by atoms with Crippen molar-refractivity contribution >= 4 is 5.78 Å². The number of hydrogen-bond acceptors (Lipinski definition) is 2. The van der Waals surface area contributed by atoms with Crippen molar-refractivity contribution < 1.29 is 9.53 Å². The maximum absolute atomic E-state index is 12.2. The molecular formula is C16H18O2. The van der Waals surface area contributed by atoms with Gasteiger partial charge in [0.25, 0.3) is 0 Å². The second-order valence-corrected chi connectivity index (χ2v) is 3.73. The molecule has 1 rings (SSSR count). The van der Waals surface area contributed by atoms with Crippen LogP contribution in [0.5, 0.6) is 0 Å². The molecule has 0 aliphatic rings. The number of benzene rings is 1. The Bertz CT molecular complexity index is 463. The summed E-state index contributed by atoms with van der Waals surface area (Å²) in [5.74, 6) is 5.75. The second-order valence-electron chi connectivity index (χ2n) is 3.73. The first-order chi connectivity index (χ1) is 8.70. The smallest absolute Gasteiger partial charge is 0.192 e. The minimum absolute atomic E-state index is 0.112. The molecule has 1 aromatic rings. The number of carbonyl (C=O) groups excluding carboxylic acids is 1. The van der Waals surface area contributed by atoms with Gasteiger partial charge in [-0.1, -0.05) is 49.8 Å². The number of hydrogen-bond donors (Lipinski definition) is 0. The van der Waals surface area contributed by atoms with Gasteiger partial charge in [0.2, 0.25) is 0 Å². The zero-order valence-electron chi connectivity index (χ0n) is 10.9. The number of carbonyl (C=O) groups is 1. The first kappa shape index (κ1) is 14.2. The van der Waals surface area contributed by atoms with E-state index in [2.05, 4.69) is 18.4 Å². The summed E-state index contributed by atoms with van der Waals surface area (Å²) < 4.78 is 5.45. The molecule has 94 valence electrons. The van der Waals surface area contributed by atoms with Crippen LogP contribution in [0.2, 0.25) is 0 Å². The molecule has 2 nitrogen and oxygen atoms in total. The molecule has 0 heterocycles. The lowest BCUT2D eigenvalue weighted by Gasteiger charge is -2.13. The van der Waals surface area contributed by atoms with Gasteiger partial charge in [0.1, 0.15) is 6.10 Å². The SMILES string of the molecule is C=C(C(=O)c1ccccc1)C(C#CCC)OCC. The fraction of sp³-hybridized carbons (Fsp3) is 0.312. The molecule has 1 aromatic carbocycles. The first-order valence-corrected chi connectivity index (χ1v) is 6.09. The van der Waals surface area contributed by atoms with Crippen LogP contribution in [-0.2, 0) is 4.74 Å². The minimum Gasteiger partial charge on any atom is -0.361 e. The largest absolute Gasteiger partial charge is 0.361 e. The molecule has 1 unspecified atom stereocenters. The number of rotatable bonds is 5. The average molecular weight is 242 g/mol. The quantitative estimate of drug-likeness (QED) is 0.450. The van der Waals surface area contributed by atoms with Gasteiger partial charge >= 0.3 is 0 Å². The van der Waals surface area contributed by atoms with Gasteiger partial charge in [-0.25, -0.2) is 0 Å². The molecule has 0 aliphatic carbocycles. The zero-order valence-corrected chi connectivity index (χ0v) is 10.9. The average Bonchev–Trinajstić information content (AvgIpc) is 2.43. The van der Waals surface area contributed by atoms with Gasteiger partial charge in [-0.05, 0) is 6.92 Å². The van der Waals surface area contributed by atoms with E-state index in [0.717, 1.165) is 6.42 Å². The number of ether oxygens (including phenoxy) is 1. The van der Waals surface area contributed by atoms with Gasteiger partial charge in [-0.15, -0.1) is 5.92 Å². The number of ketones is 1. The standard InChI is InChI=1S/C16H18O2/c1-4-6-12-15(18-5-2)13(3)16(17)14-10-8-7-9-11-14/h7-11,15H,3-5H2,1-2H3. The van der Waals surface area contributed by atoms with Crippen molar-refractivity contribution in [3.63, 3.8) is 0 Å². The van der Waals surface area contributed by atoms with E-state index < -0.39 is 6.10 Å². The van der Waals surface area contributed by atoms with Crippen LogP contribution in [0.15, 0.2) is 42.5 Å². The van der Waals surface area contributed by atoms with E-state index >= 15 is 0 Å². The Labute approximate surface area is 109 Å². The molecule has 1 atom stereocenters. The third-order valence-electron chi connectivity index (χ3n) is 2.39. The van der Waals surface area contributed by atoms with Crippen LogP contribution in [0.1, 0.15) is 30.6 Å². The molecule has 0 fully saturated rings. The molecule has 0 aromatic heterocycles. The highest BCUT2D eigenvalue weighted by Crippen LogP contribution is 2.12. The van der Waals surface area contributed by atoms with E-state index in [1.807, 2.05) is 32.0 Å². The van der Waals surface area contributed by atoms with E-state index in [0.29, 0.717) is 17.7 Å². The predicted molar refractivity (Wildman–Crippen MR) is 73.4 cm³/mol. The normalized spacial score (nSPS) is 11.2. The summed E-state index contributed by atoms with van der Waals surface area (Å²) in [6.45, 7) is 8.16. The number of Topliss-reactive ketones (excluding diaryl/α,β-unsaturated/α-hetero) is 1. The Kier molecular flexibility index (Phi) is 5.90. The van der Waals surface area contributed by atoms with Crippen molar-refractivity contribution in [1.29, 1.82) is 0 Å². The van der Waals surface area contributed by atoms with Gasteiger partial charge in [-0.2, -0.15) is 0 Å². The Hall–Kier alpha value is -1.85.